The van der Waals surface area contributed by atoms with Crippen molar-refractivity contribution in [1.82, 2.24) is 24.7 Å². The molecule has 2 saturated heterocycles. The first-order valence-electron chi connectivity index (χ1n) is 10.8. The van der Waals surface area contributed by atoms with E-state index in [0.717, 1.165) is 0 Å². The van der Waals surface area contributed by atoms with Crippen LogP contribution in [-0.4, -0.2) is 95.5 Å². The molecule has 2 aliphatic heterocycles. The van der Waals surface area contributed by atoms with Crippen LogP contribution in [0.3, 0.4) is 0 Å². The number of hydrogen-bond acceptors (Lipinski definition) is 7. The van der Waals surface area contributed by atoms with Gasteiger partial charge < -0.3 is 20.1 Å². The fourth-order valence-electron chi connectivity index (χ4n) is 4.21. The molecule has 1 aromatic heterocycles. The molecule has 0 bridgehead atoms. The number of hydrogen-bond donors (Lipinski definition) is 1. The average Bonchev–Trinajstić information content (AvgIpc) is 3.29. The number of nitrogens with zero attached hydrogens (tertiary/aromatic N) is 5. The van der Waals surface area contributed by atoms with Crippen molar-refractivity contribution in [1.29, 1.82) is 0 Å². The number of morpholine rings is 1. The van der Waals surface area contributed by atoms with Crippen molar-refractivity contribution in [3.8, 4) is 11.4 Å². The lowest BCUT2D eigenvalue weighted by Gasteiger charge is -2.43. The van der Waals surface area contributed by atoms with Gasteiger partial charge in [-0.05, 0) is 37.1 Å². The van der Waals surface area contributed by atoms with Crippen LogP contribution in [0.4, 0.5) is 0 Å². The maximum absolute atomic E-state index is 13.4. The Bertz CT molecular complexity index is 1030. The van der Waals surface area contributed by atoms with Crippen LogP contribution in [-0.2, 0) is 9.53 Å². The zero-order chi connectivity index (χ0) is 23.5. The molecule has 0 spiro atoms. The van der Waals surface area contributed by atoms with E-state index in [9.17, 15) is 14.4 Å². The third-order valence-corrected chi connectivity index (χ3v) is 6.11. The number of aromatic nitrogens is 2. The number of hydrazine groups is 1. The molecule has 11 heteroatoms. The Labute approximate surface area is 191 Å². The number of amides is 3. The summed E-state index contributed by atoms with van der Waals surface area (Å²) < 4.78 is 11.8. The van der Waals surface area contributed by atoms with E-state index in [1.165, 1.54) is 10.7 Å². The zero-order valence-corrected chi connectivity index (χ0v) is 18.8. The van der Waals surface area contributed by atoms with Gasteiger partial charge in [-0.2, -0.15) is 5.10 Å². The van der Waals surface area contributed by atoms with Crippen molar-refractivity contribution in [2.24, 2.45) is 5.73 Å². The van der Waals surface area contributed by atoms with Crippen LogP contribution in [0.2, 0.25) is 0 Å². The third kappa shape index (κ3) is 4.69. The number of nitrogens with two attached hydrogens (primary N) is 1. The smallest absolute Gasteiger partial charge is 0.272 e. The Morgan fingerprint density at radius 1 is 1.18 bits per heavy atom. The molecule has 0 radical (unpaired) electrons. The summed E-state index contributed by atoms with van der Waals surface area (Å²) in [6.45, 7) is 2.52. The van der Waals surface area contributed by atoms with E-state index >= 15 is 0 Å². The monoisotopic (exact) mass is 456 g/mol. The van der Waals surface area contributed by atoms with E-state index in [2.05, 4.69) is 5.10 Å². The molecule has 11 nitrogen and oxygen atoms in total. The molecule has 0 saturated carbocycles. The van der Waals surface area contributed by atoms with Crippen molar-refractivity contribution in [2.75, 3.05) is 47.0 Å². The molecule has 3 heterocycles. The first-order chi connectivity index (χ1) is 15.9. The molecule has 2 aliphatic rings. The molecule has 1 aromatic carbocycles. The van der Waals surface area contributed by atoms with Gasteiger partial charge in [-0.15, -0.1) is 0 Å². The second-order valence-corrected chi connectivity index (χ2v) is 8.06. The van der Waals surface area contributed by atoms with Crippen LogP contribution in [0.25, 0.3) is 5.69 Å². The van der Waals surface area contributed by atoms with Gasteiger partial charge in [0.15, 0.2) is 5.69 Å². The summed E-state index contributed by atoms with van der Waals surface area (Å²) >= 11 is 0. The van der Waals surface area contributed by atoms with E-state index in [1.807, 2.05) is 5.01 Å². The highest BCUT2D eigenvalue weighted by Crippen LogP contribution is 2.22. The summed E-state index contributed by atoms with van der Waals surface area (Å²) in [5.41, 5.74) is 6.31. The van der Waals surface area contributed by atoms with E-state index in [-0.39, 0.29) is 35.9 Å². The maximum Gasteiger partial charge on any atom is 0.272 e. The Hall–Kier alpha value is -3.44. The molecular weight excluding hydrogens is 428 g/mol. The van der Waals surface area contributed by atoms with E-state index < -0.39 is 5.91 Å². The predicted molar refractivity (Wildman–Crippen MR) is 118 cm³/mol. The fraction of sp³-hybridized carbons (Fsp3) is 0.455. The van der Waals surface area contributed by atoms with Gasteiger partial charge >= 0.3 is 0 Å². The molecule has 33 heavy (non-hydrogen) atoms. The van der Waals surface area contributed by atoms with Gasteiger partial charge in [0, 0.05) is 32.2 Å². The average molecular weight is 457 g/mol. The number of ether oxygens (including phenoxy) is 2. The van der Waals surface area contributed by atoms with E-state index in [4.69, 9.17) is 15.2 Å². The largest absolute Gasteiger partial charge is 0.497 e. The number of benzene rings is 1. The van der Waals surface area contributed by atoms with Crippen molar-refractivity contribution in [3.63, 3.8) is 0 Å². The molecule has 176 valence electrons. The van der Waals surface area contributed by atoms with Gasteiger partial charge in [-0.1, -0.05) is 0 Å². The van der Waals surface area contributed by atoms with E-state index in [0.29, 0.717) is 50.5 Å². The predicted octanol–water partition coefficient (Wildman–Crippen LogP) is 0.290. The summed E-state index contributed by atoms with van der Waals surface area (Å²) in [5.74, 6) is -0.336. The van der Waals surface area contributed by atoms with Crippen molar-refractivity contribution >= 4 is 17.7 Å². The SMILES string of the molecule is COc1ccc(-n2nc(C(N)=O)cc2C(=O)N(C)C2CCN(N3CCOCC3=O)CC2)cc1. The first-order valence-corrected chi connectivity index (χ1v) is 10.8. The van der Waals surface area contributed by atoms with Crippen molar-refractivity contribution in [2.45, 2.75) is 18.9 Å². The minimum absolute atomic E-state index is 0.0128. The second-order valence-electron chi connectivity index (χ2n) is 8.06. The number of piperidine rings is 1. The highest BCUT2D eigenvalue weighted by molar-refractivity contribution is 5.97. The van der Waals surface area contributed by atoms with Crippen LogP contribution in [0.1, 0.15) is 33.8 Å². The summed E-state index contributed by atoms with van der Waals surface area (Å²) in [5, 5.41) is 8.04. The van der Waals surface area contributed by atoms with Crippen molar-refractivity contribution in [3.05, 3.63) is 41.7 Å². The molecule has 0 aliphatic carbocycles. The summed E-state index contributed by atoms with van der Waals surface area (Å²) in [4.78, 5) is 39.0. The van der Waals surface area contributed by atoms with Gasteiger partial charge in [0.25, 0.3) is 17.7 Å². The zero-order valence-electron chi connectivity index (χ0n) is 18.8. The molecule has 2 N–H and O–H groups in total. The third-order valence-electron chi connectivity index (χ3n) is 6.11. The van der Waals surface area contributed by atoms with Crippen LogP contribution >= 0.6 is 0 Å². The number of primary amides is 1. The molecule has 2 fully saturated rings. The topological polar surface area (TPSA) is 123 Å². The second kappa shape index (κ2) is 9.59. The number of methoxy groups -OCH3 is 1. The van der Waals surface area contributed by atoms with Gasteiger partial charge in [0.05, 0.1) is 25.9 Å². The molecular formula is C22H28N6O5. The minimum Gasteiger partial charge on any atom is -0.497 e. The van der Waals surface area contributed by atoms with Crippen LogP contribution in [0, 0.1) is 0 Å². The summed E-state index contributed by atoms with van der Waals surface area (Å²) in [6, 6.07) is 8.42. The lowest BCUT2D eigenvalue weighted by atomic mass is 10.0. The first kappa shape index (κ1) is 22.7. The van der Waals surface area contributed by atoms with Crippen LogP contribution in [0.15, 0.2) is 30.3 Å². The maximum atomic E-state index is 13.4. The molecule has 3 amide bonds. The van der Waals surface area contributed by atoms with Crippen molar-refractivity contribution < 1.29 is 23.9 Å². The molecule has 2 aromatic rings. The normalized spacial score (nSPS) is 17.8. The lowest BCUT2D eigenvalue weighted by molar-refractivity contribution is -0.168. The summed E-state index contributed by atoms with van der Waals surface area (Å²) in [7, 11) is 3.32. The number of carbonyl (C=O) groups excluding carboxylic acids is 3. The molecule has 0 atom stereocenters. The summed E-state index contributed by atoms with van der Waals surface area (Å²) in [6.07, 6.45) is 1.43. The van der Waals surface area contributed by atoms with Crippen LogP contribution < -0.4 is 10.5 Å². The molecule has 4 rings (SSSR count). The Morgan fingerprint density at radius 3 is 2.48 bits per heavy atom. The lowest BCUT2D eigenvalue weighted by Crippen LogP contribution is -2.56. The highest BCUT2D eigenvalue weighted by atomic mass is 16.5. The molecule has 0 unspecified atom stereocenters. The number of rotatable bonds is 6. The van der Waals surface area contributed by atoms with Gasteiger partial charge in [-0.3, -0.25) is 19.4 Å². The van der Waals surface area contributed by atoms with Gasteiger partial charge in [0.2, 0.25) is 0 Å². The standard InChI is InChI=1S/C22H28N6O5/c1-25(15-7-9-26(10-8-15)27-11-12-33-14-20(27)29)22(31)19-13-18(21(23)30)24-28(19)16-3-5-17(32-2)6-4-16/h3-6,13,15H,7-12,14H2,1-2H3,(H2,23,30). The van der Waals surface area contributed by atoms with Gasteiger partial charge in [-0.25, -0.2) is 9.69 Å². The quantitative estimate of drug-likeness (QED) is 0.663. The number of carbonyl (C=O) groups is 3. The highest BCUT2D eigenvalue weighted by Gasteiger charge is 2.32. The minimum atomic E-state index is -0.706. The Kier molecular flexibility index (Phi) is 6.61. The van der Waals surface area contributed by atoms with Crippen LogP contribution in [0.5, 0.6) is 5.75 Å². The Morgan fingerprint density at radius 2 is 1.88 bits per heavy atom. The van der Waals surface area contributed by atoms with Gasteiger partial charge in [0.1, 0.15) is 18.1 Å². The fourth-order valence-corrected chi connectivity index (χ4v) is 4.21. The Balaban J connectivity index is 1.50. The van der Waals surface area contributed by atoms with E-state index in [1.54, 1.807) is 48.3 Å².